The summed E-state index contributed by atoms with van der Waals surface area (Å²) in [6.07, 6.45) is 1.19. The van der Waals surface area contributed by atoms with Crippen LogP contribution < -0.4 is 4.74 Å². The lowest BCUT2D eigenvalue weighted by molar-refractivity contribution is -0.130. The maximum Gasteiger partial charge on any atom is 0.263 e. The summed E-state index contributed by atoms with van der Waals surface area (Å²) < 4.78 is 5.14. The Morgan fingerprint density at radius 3 is 2.44 bits per heavy atom. The molecular weight excluding hydrogens is 336 g/mol. The zero-order chi connectivity index (χ0) is 17.6. The number of hydrogen-bond acceptors (Lipinski definition) is 4. The Bertz CT molecular complexity index is 713. The number of methoxy groups -OCH3 is 1. The number of benzene rings is 1. The molecule has 2 aromatic rings. The minimum Gasteiger partial charge on any atom is -0.497 e. The first kappa shape index (κ1) is 17.5. The van der Waals surface area contributed by atoms with Gasteiger partial charge in [0, 0.05) is 26.2 Å². The number of nitrogens with zero attached hydrogens (tertiary/aromatic N) is 2. The number of ether oxygens (including phenoxy) is 1. The number of rotatable bonds is 4. The van der Waals surface area contributed by atoms with Gasteiger partial charge >= 0.3 is 0 Å². The molecule has 6 heteroatoms. The Labute approximate surface area is 151 Å². The molecule has 2 amide bonds. The molecule has 0 radical (unpaired) electrons. The van der Waals surface area contributed by atoms with Gasteiger partial charge in [0.05, 0.1) is 18.4 Å². The molecular formula is C19H22N2O3S. The van der Waals surface area contributed by atoms with Gasteiger partial charge in [0.15, 0.2) is 0 Å². The van der Waals surface area contributed by atoms with Crippen molar-refractivity contribution in [2.24, 2.45) is 0 Å². The predicted octanol–water partition coefficient (Wildman–Crippen LogP) is 2.67. The van der Waals surface area contributed by atoms with Crippen LogP contribution in [0, 0.1) is 0 Å². The van der Waals surface area contributed by atoms with Crippen molar-refractivity contribution < 1.29 is 14.3 Å². The predicted molar refractivity (Wildman–Crippen MR) is 98.1 cm³/mol. The van der Waals surface area contributed by atoms with Gasteiger partial charge < -0.3 is 14.5 Å². The molecule has 0 bridgehead atoms. The van der Waals surface area contributed by atoms with Crippen molar-refractivity contribution >= 4 is 23.2 Å². The van der Waals surface area contributed by atoms with Crippen molar-refractivity contribution in [1.82, 2.24) is 9.80 Å². The topological polar surface area (TPSA) is 49.9 Å². The van der Waals surface area contributed by atoms with Gasteiger partial charge in [-0.05, 0) is 35.6 Å². The molecule has 3 rings (SSSR count). The molecule has 132 valence electrons. The lowest BCUT2D eigenvalue weighted by Crippen LogP contribution is -2.37. The van der Waals surface area contributed by atoms with Gasteiger partial charge in [-0.2, -0.15) is 0 Å². The van der Waals surface area contributed by atoms with Crippen LogP contribution in [0.25, 0.3) is 0 Å². The van der Waals surface area contributed by atoms with Gasteiger partial charge in [0.2, 0.25) is 5.91 Å². The van der Waals surface area contributed by atoms with E-state index in [1.165, 1.54) is 11.3 Å². The summed E-state index contributed by atoms with van der Waals surface area (Å²) in [7, 11) is 1.63. The summed E-state index contributed by atoms with van der Waals surface area (Å²) in [5.74, 6) is 0.962. The Morgan fingerprint density at radius 1 is 1.04 bits per heavy atom. The van der Waals surface area contributed by atoms with E-state index in [9.17, 15) is 9.59 Å². The molecule has 0 aliphatic carbocycles. The van der Waals surface area contributed by atoms with Crippen molar-refractivity contribution in [2.45, 2.75) is 12.8 Å². The first-order valence-corrected chi connectivity index (χ1v) is 9.29. The van der Waals surface area contributed by atoms with E-state index in [0.717, 1.165) is 22.6 Å². The molecule has 0 spiro atoms. The van der Waals surface area contributed by atoms with Crippen molar-refractivity contribution in [1.29, 1.82) is 0 Å². The number of carbonyl (C=O) groups is 2. The van der Waals surface area contributed by atoms with Gasteiger partial charge in [0.25, 0.3) is 5.91 Å². The van der Waals surface area contributed by atoms with Crippen molar-refractivity contribution in [3.05, 3.63) is 52.2 Å². The molecule has 0 unspecified atom stereocenters. The second-order valence-corrected chi connectivity index (χ2v) is 6.98. The van der Waals surface area contributed by atoms with Crippen molar-refractivity contribution in [3.63, 3.8) is 0 Å². The zero-order valence-corrected chi connectivity index (χ0v) is 15.1. The Balaban J connectivity index is 1.56. The summed E-state index contributed by atoms with van der Waals surface area (Å²) in [6, 6.07) is 11.3. The summed E-state index contributed by atoms with van der Waals surface area (Å²) in [4.78, 5) is 29.5. The number of carbonyl (C=O) groups excluding carboxylic acids is 2. The molecule has 1 saturated heterocycles. The molecule has 1 fully saturated rings. The van der Waals surface area contributed by atoms with Crippen LogP contribution in [0.1, 0.15) is 21.7 Å². The van der Waals surface area contributed by atoms with Gasteiger partial charge in [-0.3, -0.25) is 9.59 Å². The molecule has 1 aromatic carbocycles. The van der Waals surface area contributed by atoms with Crippen LogP contribution in [-0.2, 0) is 11.2 Å². The van der Waals surface area contributed by atoms with Crippen molar-refractivity contribution in [2.75, 3.05) is 33.3 Å². The van der Waals surface area contributed by atoms with Crippen LogP contribution in [0.2, 0.25) is 0 Å². The minimum absolute atomic E-state index is 0.0689. The highest BCUT2D eigenvalue weighted by Gasteiger charge is 2.23. The number of thiophene rings is 1. The summed E-state index contributed by atoms with van der Waals surface area (Å²) >= 11 is 1.46. The van der Waals surface area contributed by atoms with E-state index in [1.54, 1.807) is 7.11 Å². The highest BCUT2D eigenvalue weighted by Crippen LogP contribution is 2.16. The molecule has 1 aromatic heterocycles. The van der Waals surface area contributed by atoms with E-state index in [-0.39, 0.29) is 11.8 Å². The molecule has 2 heterocycles. The lowest BCUT2D eigenvalue weighted by atomic mass is 10.1. The van der Waals surface area contributed by atoms with Gasteiger partial charge in [0.1, 0.15) is 5.75 Å². The van der Waals surface area contributed by atoms with Gasteiger partial charge in [-0.25, -0.2) is 0 Å². The Morgan fingerprint density at radius 2 is 1.76 bits per heavy atom. The van der Waals surface area contributed by atoms with Crippen LogP contribution >= 0.6 is 11.3 Å². The maximum absolute atomic E-state index is 12.6. The SMILES string of the molecule is COc1ccc(CC(=O)N2CCCN(C(=O)c3cccs3)CC2)cc1. The van der Waals surface area contributed by atoms with Crippen LogP contribution in [0.15, 0.2) is 41.8 Å². The number of amides is 2. The number of hydrogen-bond donors (Lipinski definition) is 0. The van der Waals surface area contributed by atoms with Crippen molar-refractivity contribution in [3.8, 4) is 5.75 Å². The summed E-state index contributed by atoms with van der Waals surface area (Å²) in [5, 5.41) is 1.91. The normalized spacial score (nSPS) is 14.9. The fraction of sp³-hybridized carbons (Fsp3) is 0.368. The third kappa shape index (κ3) is 4.39. The van der Waals surface area contributed by atoms with E-state index in [4.69, 9.17) is 4.74 Å². The lowest BCUT2D eigenvalue weighted by Gasteiger charge is -2.22. The standard InChI is InChI=1S/C19H22N2O3S/c1-24-16-7-5-15(6-8-16)14-18(22)20-9-3-10-21(12-11-20)19(23)17-4-2-13-25-17/h2,4-8,13H,3,9-12,14H2,1H3. The van der Waals surface area contributed by atoms with E-state index >= 15 is 0 Å². The van der Waals surface area contributed by atoms with Crippen LogP contribution in [0.4, 0.5) is 0 Å². The maximum atomic E-state index is 12.6. The zero-order valence-electron chi connectivity index (χ0n) is 14.3. The van der Waals surface area contributed by atoms with E-state index < -0.39 is 0 Å². The fourth-order valence-electron chi connectivity index (χ4n) is 2.96. The smallest absolute Gasteiger partial charge is 0.263 e. The first-order chi connectivity index (χ1) is 12.2. The first-order valence-electron chi connectivity index (χ1n) is 8.41. The average Bonchev–Trinajstić information content (AvgIpc) is 3.06. The van der Waals surface area contributed by atoms with Gasteiger partial charge in [-0.15, -0.1) is 11.3 Å². The molecule has 1 aliphatic rings. The Kier molecular flexibility index (Phi) is 5.71. The van der Waals surface area contributed by atoms with Crippen LogP contribution in [-0.4, -0.2) is 54.9 Å². The second kappa shape index (κ2) is 8.16. The monoisotopic (exact) mass is 358 g/mol. The fourth-order valence-corrected chi connectivity index (χ4v) is 3.65. The van der Waals surface area contributed by atoms with Crippen LogP contribution in [0.3, 0.4) is 0 Å². The second-order valence-electron chi connectivity index (χ2n) is 6.03. The molecule has 1 aliphatic heterocycles. The molecule has 0 N–H and O–H groups in total. The van der Waals surface area contributed by atoms with E-state index in [1.807, 2.05) is 51.6 Å². The highest BCUT2D eigenvalue weighted by atomic mass is 32.1. The van der Waals surface area contributed by atoms with E-state index in [2.05, 4.69) is 0 Å². The summed E-state index contributed by atoms with van der Waals surface area (Å²) in [5.41, 5.74) is 0.974. The average molecular weight is 358 g/mol. The van der Waals surface area contributed by atoms with Gasteiger partial charge in [-0.1, -0.05) is 18.2 Å². The minimum atomic E-state index is 0.0689. The molecule has 0 saturated carbocycles. The third-order valence-electron chi connectivity index (χ3n) is 4.38. The summed E-state index contributed by atoms with van der Waals surface area (Å²) in [6.45, 7) is 2.57. The highest BCUT2D eigenvalue weighted by molar-refractivity contribution is 7.12. The Hall–Kier alpha value is -2.34. The largest absolute Gasteiger partial charge is 0.497 e. The third-order valence-corrected chi connectivity index (χ3v) is 5.24. The molecule has 25 heavy (non-hydrogen) atoms. The molecule has 5 nitrogen and oxygen atoms in total. The quantitative estimate of drug-likeness (QED) is 0.844. The molecule has 0 atom stereocenters. The van der Waals surface area contributed by atoms with E-state index in [0.29, 0.717) is 32.6 Å². The van der Waals surface area contributed by atoms with Crippen LogP contribution in [0.5, 0.6) is 5.75 Å².